The van der Waals surface area contributed by atoms with E-state index in [1.807, 2.05) is 0 Å². The lowest BCUT2D eigenvalue weighted by atomic mass is 10.1. The number of benzene rings is 1. The van der Waals surface area contributed by atoms with Gasteiger partial charge in [0, 0.05) is 17.2 Å². The van der Waals surface area contributed by atoms with E-state index in [1.54, 1.807) is 6.92 Å². The topological polar surface area (TPSA) is 89.4 Å². The summed E-state index contributed by atoms with van der Waals surface area (Å²) < 4.78 is 18.1. The molecule has 2 rings (SSSR count). The molecule has 7 heteroatoms. The summed E-state index contributed by atoms with van der Waals surface area (Å²) in [5, 5.41) is 23.5. The van der Waals surface area contributed by atoms with Gasteiger partial charge in [0.2, 0.25) is 5.82 Å². The summed E-state index contributed by atoms with van der Waals surface area (Å²) in [5.74, 6) is -0.506. The Labute approximate surface area is 101 Å². The number of aromatic nitrogens is 1. The first-order chi connectivity index (χ1) is 8.54. The third-order valence-corrected chi connectivity index (χ3v) is 2.56. The van der Waals surface area contributed by atoms with E-state index in [4.69, 9.17) is 4.52 Å². The maximum atomic E-state index is 13.2. The van der Waals surface area contributed by atoms with Crippen LogP contribution in [0.15, 0.2) is 22.7 Å². The Balaban J connectivity index is 2.57. The number of nitrogens with zero attached hydrogens (tertiary/aromatic N) is 2. The van der Waals surface area contributed by atoms with Crippen molar-refractivity contribution in [3.63, 3.8) is 0 Å². The molecule has 0 aliphatic heterocycles. The molecule has 1 aromatic heterocycles. The molecule has 0 unspecified atom stereocenters. The maximum Gasteiger partial charge on any atom is 0.305 e. The maximum absolute atomic E-state index is 13.2. The molecule has 1 heterocycles. The van der Waals surface area contributed by atoms with Crippen molar-refractivity contribution in [1.82, 2.24) is 5.16 Å². The predicted molar refractivity (Wildman–Crippen MR) is 59.2 cm³/mol. The highest BCUT2D eigenvalue weighted by Gasteiger charge is 2.19. The summed E-state index contributed by atoms with van der Waals surface area (Å²) in [7, 11) is 0. The molecule has 0 saturated carbocycles. The van der Waals surface area contributed by atoms with Gasteiger partial charge in [-0.25, -0.2) is 0 Å². The van der Waals surface area contributed by atoms with Crippen LogP contribution in [0.25, 0.3) is 11.3 Å². The first kappa shape index (κ1) is 12.2. The molecular formula is C11H9FN2O4. The molecule has 0 aliphatic rings. The number of rotatable bonds is 3. The molecule has 2 aromatic rings. The van der Waals surface area contributed by atoms with Crippen LogP contribution in [0.3, 0.4) is 0 Å². The molecule has 0 amide bonds. The Hall–Kier alpha value is -2.28. The molecule has 1 N–H and O–H groups in total. The Kier molecular flexibility index (Phi) is 3.07. The van der Waals surface area contributed by atoms with Crippen molar-refractivity contribution in [2.75, 3.05) is 0 Å². The number of halogens is 1. The summed E-state index contributed by atoms with van der Waals surface area (Å²) >= 11 is 0. The molecule has 94 valence electrons. The first-order valence-electron chi connectivity index (χ1n) is 5.05. The SMILES string of the molecule is Cc1onc(-c2ccc(F)c([N+](=O)[O-])c2)c1CO. The molecule has 0 bridgehead atoms. The van der Waals surface area contributed by atoms with Gasteiger partial charge in [0.05, 0.1) is 11.5 Å². The zero-order valence-electron chi connectivity index (χ0n) is 9.38. The molecule has 0 spiro atoms. The van der Waals surface area contributed by atoms with Gasteiger partial charge >= 0.3 is 5.69 Å². The fourth-order valence-electron chi connectivity index (χ4n) is 1.60. The van der Waals surface area contributed by atoms with Crippen LogP contribution in [0.1, 0.15) is 11.3 Å². The van der Waals surface area contributed by atoms with Gasteiger partial charge in [-0.1, -0.05) is 5.16 Å². The number of aliphatic hydroxyl groups is 1. The average molecular weight is 252 g/mol. The van der Waals surface area contributed by atoms with Gasteiger partial charge in [0.1, 0.15) is 11.5 Å². The van der Waals surface area contributed by atoms with Crippen molar-refractivity contribution >= 4 is 5.69 Å². The van der Waals surface area contributed by atoms with E-state index in [0.29, 0.717) is 16.9 Å². The summed E-state index contributed by atoms with van der Waals surface area (Å²) in [6.07, 6.45) is 0. The number of hydrogen-bond donors (Lipinski definition) is 1. The van der Waals surface area contributed by atoms with Crippen molar-refractivity contribution in [1.29, 1.82) is 0 Å². The van der Waals surface area contributed by atoms with Crippen LogP contribution >= 0.6 is 0 Å². The predicted octanol–water partition coefficient (Wildman–Crippen LogP) is 2.19. The lowest BCUT2D eigenvalue weighted by Gasteiger charge is -2.00. The van der Waals surface area contributed by atoms with E-state index in [9.17, 15) is 19.6 Å². The van der Waals surface area contributed by atoms with Crippen LogP contribution in [-0.4, -0.2) is 15.2 Å². The largest absolute Gasteiger partial charge is 0.391 e. The number of aryl methyl sites for hydroxylation is 1. The van der Waals surface area contributed by atoms with Crippen molar-refractivity contribution in [3.8, 4) is 11.3 Å². The second kappa shape index (κ2) is 4.53. The first-order valence-corrected chi connectivity index (χ1v) is 5.05. The Morgan fingerprint density at radius 3 is 2.89 bits per heavy atom. The standard InChI is InChI=1S/C11H9FN2O4/c1-6-8(5-15)11(13-18-6)7-2-3-9(12)10(4-7)14(16)17/h2-4,15H,5H2,1H3. The number of aliphatic hydroxyl groups excluding tert-OH is 1. The zero-order valence-corrected chi connectivity index (χ0v) is 9.38. The highest BCUT2D eigenvalue weighted by molar-refractivity contribution is 5.66. The second-order valence-corrected chi connectivity index (χ2v) is 3.65. The van der Waals surface area contributed by atoms with Crippen LogP contribution in [-0.2, 0) is 6.61 Å². The molecule has 0 saturated heterocycles. The third-order valence-electron chi connectivity index (χ3n) is 2.56. The third kappa shape index (κ3) is 1.95. The Bertz CT molecular complexity index is 609. The molecule has 18 heavy (non-hydrogen) atoms. The molecule has 0 aliphatic carbocycles. The minimum absolute atomic E-state index is 0.276. The lowest BCUT2D eigenvalue weighted by molar-refractivity contribution is -0.387. The monoisotopic (exact) mass is 252 g/mol. The molecule has 1 aromatic carbocycles. The van der Waals surface area contributed by atoms with Gasteiger partial charge in [-0.05, 0) is 19.1 Å². The second-order valence-electron chi connectivity index (χ2n) is 3.65. The summed E-state index contributed by atoms with van der Waals surface area (Å²) in [4.78, 5) is 9.82. The summed E-state index contributed by atoms with van der Waals surface area (Å²) in [6, 6.07) is 3.39. The van der Waals surface area contributed by atoms with Crippen LogP contribution in [0.5, 0.6) is 0 Å². The van der Waals surface area contributed by atoms with Crippen molar-refractivity contribution in [3.05, 3.63) is 45.5 Å². The van der Waals surface area contributed by atoms with Gasteiger partial charge in [0.15, 0.2) is 0 Å². The van der Waals surface area contributed by atoms with E-state index >= 15 is 0 Å². The fraction of sp³-hybridized carbons (Fsp3) is 0.182. The van der Waals surface area contributed by atoms with Crippen LogP contribution < -0.4 is 0 Å². The molecular weight excluding hydrogens is 243 g/mol. The minimum Gasteiger partial charge on any atom is -0.391 e. The Morgan fingerprint density at radius 1 is 1.56 bits per heavy atom. The zero-order chi connectivity index (χ0) is 13.3. The van der Waals surface area contributed by atoms with Gasteiger partial charge in [-0.3, -0.25) is 10.1 Å². The smallest absolute Gasteiger partial charge is 0.305 e. The van der Waals surface area contributed by atoms with E-state index in [0.717, 1.165) is 12.1 Å². The summed E-state index contributed by atoms with van der Waals surface area (Å²) in [5.41, 5.74) is 0.384. The average Bonchev–Trinajstić information content (AvgIpc) is 2.70. The van der Waals surface area contributed by atoms with Crippen molar-refractivity contribution < 1.29 is 18.9 Å². The van der Waals surface area contributed by atoms with Crippen LogP contribution in [0.4, 0.5) is 10.1 Å². The van der Waals surface area contributed by atoms with Crippen LogP contribution in [0.2, 0.25) is 0 Å². The van der Waals surface area contributed by atoms with Gasteiger partial charge in [0.25, 0.3) is 0 Å². The molecule has 0 fully saturated rings. The van der Waals surface area contributed by atoms with E-state index in [2.05, 4.69) is 5.16 Å². The molecule has 6 nitrogen and oxygen atoms in total. The molecule has 0 atom stereocenters. The number of nitro groups is 1. The van der Waals surface area contributed by atoms with Gasteiger partial charge in [-0.2, -0.15) is 4.39 Å². The normalized spacial score (nSPS) is 10.6. The van der Waals surface area contributed by atoms with Gasteiger partial charge < -0.3 is 9.63 Å². The number of nitro benzene ring substituents is 1. The van der Waals surface area contributed by atoms with Crippen molar-refractivity contribution in [2.45, 2.75) is 13.5 Å². The van der Waals surface area contributed by atoms with Crippen molar-refractivity contribution in [2.24, 2.45) is 0 Å². The highest BCUT2D eigenvalue weighted by Crippen LogP contribution is 2.29. The van der Waals surface area contributed by atoms with E-state index in [-0.39, 0.29) is 12.3 Å². The lowest BCUT2D eigenvalue weighted by Crippen LogP contribution is -1.94. The number of hydrogen-bond acceptors (Lipinski definition) is 5. The summed E-state index contributed by atoms with van der Waals surface area (Å²) in [6.45, 7) is 1.30. The van der Waals surface area contributed by atoms with E-state index < -0.39 is 16.4 Å². The highest BCUT2D eigenvalue weighted by atomic mass is 19.1. The van der Waals surface area contributed by atoms with Crippen LogP contribution in [0, 0.1) is 22.9 Å². The van der Waals surface area contributed by atoms with E-state index in [1.165, 1.54) is 6.07 Å². The minimum atomic E-state index is -0.922. The quantitative estimate of drug-likeness (QED) is 0.668. The molecule has 0 radical (unpaired) electrons. The Morgan fingerprint density at radius 2 is 2.28 bits per heavy atom. The van der Waals surface area contributed by atoms with Gasteiger partial charge in [-0.15, -0.1) is 0 Å². The fourth-order valence-corrected chi connectivity index (χ4v) is 1.60.